The average Bonchev–Trinajstić information content (AvgIpc) is 1.64. The molecule has 0 bridgehead atoms. The lowest BCUT2D eigenvalue weighted by Gasteiger charge is -2.34. The van der Waals surface area contributed by atoms with Crippen LogP contribution in [0.4, 0.5) is 4.39 Å². The van der Waals surface area contributed by atoms with Gasteiger partial charge in [0, 0.05) is 198 Å². The van der Waals surface area contributed by atoms with Gasteiger partial charge >= 0.3 is 0 Å². The van der Waals surface area contributed by atoms with Gasteiger partial charge < -0.3 is 41.6 Å². The van der Waals surface area contributed by atoms with Crippen LogP contribution in [0.3, 0.4) is 0 Å². The topological polar surface area (TPSA) is 194 Å². The highest BCUT2D eigenvalue weighted by atomic mass is 35.5. The first kappa shape index (κ1) is 88.2. The van der Waals surface area contributed by atoms with Crippen molar-refractivity contribution in [2.75, 3.05) is 106 Å². The zero-order chi connectivity index (χ0) is 90.2. The molecule has 13 heterocycles. The summed E-state index contributed by atoms with van der Waals surface area (Å²) in [5, 5.41) is 12.0. The van der Waals surface area contributed by atoms with Crippen molar-refractivity contribution in [1.82, 2.24) is 81.4 Å². The van der Waals surface area contributed by atoms with Crippen molar-refractivity contribution in [3.05, 3.63) is 352 Å². The third kappa shape index (κ3) is 20.0. The molecule has 0 spiro atoms. The third-order valence-electron chi connectivity index (χ3n) is 24.4. The van der Waals surface area contributed by atoms with Crippen LogP contribution in [-0.2, 0) is 47.6 Å². The fraction of sp³-hybridized carbons (Fsp3) is 0.202. The second kappa shape index (κ2) is 39.9. The Bertz CT molecular complexity index is 7030. The number of morpholine rings is 1. The molecular formula is C104H93Cl4FN18O4. The van der Waals surface area contributed by atoms with Crippen molar-refractivity contribution in [1.29, 1.82) is 5.26 Å². The smallest absolute Gasteiger partial charge is 0.289 e. The molecule has 4 aliphatic heterocycles. The molecule has 0 N–H and O–H groups in total. The van der Waals surface area contributed by atoms with Gasteiger partial charge in [-0.2, -0.15) is 5.26 Å². The van der Waals surface area contributed by atoms with Gasteiger partial charge in [0.1, 0.15) is 28.4 Å². The Kier molecular flexibility index (Phi) is 26.8. The molecule has 0 aliphatic carbocycles. The van der Waals surface area contributed by atoms with Crippen LogP contribution in [0, 0.1) is 17.1 Å². The number of carbonyl (C=O) groups is 3. The first-order valence-corrected chi connectivity index (χ1v) is 45.0. The predicted molar refractivity (Wildman–Crippen MR) is 515 cm³/mol. The van der Waals surface area contributed by atoms with Crippen molar-refractivity contribution in [2.45, 2.75) is 26.2 Å². The Morgan fingerprint density at radius 1 is 0.382 bits per heavy atom. The number of ether oxygens (including phenoxy) is 1. The Hall–Kier alpha value is -13.5. The zero-order valence-corrected chi connectivity index (χ0v) is 75.5. The number of hydrogen-bond donors (Lipinski definition) is 0. The third-order valence-corrected chi connectivity index (χ3v) is 25.4. The lowest BCUT2D eigenvalue weighted by molar-refractivity contribution is -0.135. The number of aryl methyl sites for hydroxylation is 1. The summed E-state index contributed by atoms with van der Waals surface area (Å²) in [6.07, 6.45) is 11.9. The van der Waals surface area contributed by atoms with E-state index < -0.39 is 0 Å². The number of nitriles is 1. The minimum atomic E-state index is -0.364. The number of rotatable bonds is 17. The van der Waals surface area contributed by atoms with Crippen LogP contribution in [-0.4, -0.2) is 205 Å². The number of hydrogen-bond acceptors (Lipinski definition) is 14. The molecule has 9 aromatic heterocycles. The summed E-state index contributed by atoms with van der Waals surface area (Å²) in [4.78, 5) is 75.9. The minimum absolute atomic E-state index is 0.0173. The monoisotopic (exact) mass is 1820 g/mol. The Morgan fingerprint density at radius 3 is 1.15 bits per heavy atom. The van der Waals surface area contributed by atoms with Gasteiger partial charge in [0.25, 0.3) is 5.91 Å². The highest BCUT2D eigenvalue weighted by Gasteiger charge is 2.31. The van der Waals surface area contributed by atoms with Crippen LogP contribution in [0.25, 0.3) is 112 Å². The van der Waals surface area contributed by atoms with Gasteiger partial charge in [-0.05, 0) is 148 Å². The summed E-state index contributed by atoms with van der Waals surface area (Å²) in [7, 11) is 5.55. The SMILES string of the molecule is CN1CCN(Cc2c(-c3ccc(Cl)cc3)nc3ccc(-c4ccccc4)cn23)CC1=O.CN1CCN(Cc2c(-c3ccc(Cl)cc3)nc3ccc(-c4ccccc4C#N)cn23)CC1=O.Cn1ccnc1C(=O)N1CCN(Cc2c(-c3ccc(Cl)cc3)nc3ccc(-c4ccccc4)cn23)CC1.Fc1cc(Cl)ccc1-c1nc2ccc(-c3ccccc3)cn2c1CN1CCOCC1. The van der Waals surface area contributed by atoms with Gasteiger partial charge in [0.15, 0.2) is 5.82 Å². The van der Waals surface area contributed by atoms with Gasteiger partial charge in [0.05, 0.1) is 83.5 Å². The molecule has 27 heteroatoms. The highest BCUT2D eigenvalue weighted by Crippen LogP contribution is 2.37. The fourth-order valence-electron chi connectivity index (χ4n) is 17.1. The number of likely N-dealkylation sites (N-methyl/N-ethyl adjacent to an activating group) is 2. The number of nitrogens with zero attached hydrogens (tertiary/aromatic N) is 18. The second-order valence-electron chi connectivity index (χ2n) is 33.0. The quantitative estimate of drug-likeness (QED) is 0.0835. The number of aromatic nitrogens is 10. The number of piperazine rings is 3. The molecule has 4 aliphatic rings. The van der Waals surface area contributed by atoms with Crippen molar-refractivity contribution < 1.29 is 23.5 Å². The Balaban J connectivity index is 0.000000118. The van der Waals surface area contributed by atoms with E-state index in [0.717, 1.165) is 170 Å². The maximum Gasteiger partial charge on any atom is 0.289 e. The summed E-state index contributed by atoms with van der Waals surface area (Å²) >= 11 is 24.4. The van der Waals surface area contributed by atoms with E-state index in [-0.39, 0.29) is 23.5 Å². The lowest BCUT2D eigenvalue weighted by atomic mass is 10.0. The van der Waals surface area contributed by atoms with E-state index in [9.17, 15) is 24.0 Å². The number of benzene rings is 8. The summed E-state index contributed by atoms with van der Waals surface area (Å²) in [6.45, 7) is 12.5. The molecule has 0 atom stereocenters. The van der Waals surface area contributed by atoms with E-state index in [1.54, 1.807) is 38.9 Å². The van der Waals surface area contributed by atoms with Crippen molar-refractivity contribution in [2.24, 2.45) is 7.05 Å². The summed E-state index contributed by atoms with van der Waals surface area (Å²) in [6, 6.07) is 85.2. The van der Waals surface area contributed by atoms with E-state index in [4.69, 9.17) is 71.1 Å². The Morgan fingerprint density at radius 2 is 0.740 bits per heavy atom. The lowest BCUT2D eigenvalue weighted by Crippen LogP contribution is -2.48. The molecule has 131 heavy (non-hydrogen) atoms. The first-order valence-electron chi connectivity index (χ1n) is 43.5. The molecule has 4 fully saturated rings. The molecule has 0 saturated carbocycles. The number of halogens is 5. The predicted octanol–water partition coefficient (Wildman–Crippen LogP) is 19.4. The number of pyridine rings is 4. The number of amides is 3. The molecule has 658 valence electrons. The molecule has 4 saturated heterocycles. The summed E-state index contributed by atoms with van der Waals surface area (Å²) in [5.74, 6) is 0.368. The van der Waals surface area contributed by atoms with E-state index in [1.807, 2.05) is 190 Å². The van der Waals surface area contributed by atoms with Crippen LogP contribution in [0.5, 0.6) is 0 Å². The summed E-state index contributed by atoms with van der Waals surface area (Å²) < 4.78 is 30.6. The number of carbonyl (C=O) groups excluding carboxylic acids is 3. The van der Waals surface area contributed by atoms with E-state index in [2.05, 4.69) is 146 Å². The van der Waals surface area contributed by atoms with Crippen LogP contribution in [0.2, 0.25) is 20.1 Å². The van der Waals surface area contributed by atoms with Gasteiger partial charge in [-0.3, -0.25) is 34.0 Å². The van der Waals surface area contributed by atoms with Gasteiger partial charge in [-0.25, -0.2) is 29.3 Å². The van der Waals surface area contributed by atoms with Gasteiger partial charge in [-0.1, -0.05) is 192 Å². The van der Waals surface area contributed by atoms with Crippen molar-refractivity contribution in [3.8, 4) is 95.6 Å². The minimum Gasteiger partial charge on any atom is -0.379 e. The Labute approximate surface area is 778 Å². The zero-order valence-electron chi connectivity index (χ0n) is 72.5. The van der Waals surface area contributed by atoms with E-state index in [1.165, 1.54) is 11.6 Å². The molecule has 8 aromatic carbocycles. The molecule has 17 aromatic rings. The molecule has 3 amide bonds. The molecular weight excluding hydrogens is 1730 g/mol. The largest absolute Gasteiger partial charge is 0.379 e. The standard InChI is InChI=1S/C29H27ClN6O.C26H22ClN5O.C25H23ClN4O.C24H21ClFN3O/c1-33-14-13-31-28(33)29(37)35-17-15-34(16-18-35)20-25-27(22-7-10-24(30)11-8-22)32-26-12-9-23(19-36(25)26)21-5-3-2-4-6-21;1-30-12-13-31(17-25(30)33)16-23-26(18-6-9-21(27)10-7-18)29-24-11-8-20(15-32(23)24)22-5-3-2-4-19(22)14-28;1-28-13-14-29(17-24(28)31)16-22-25(19-7-10-21(26)11-8-19)27-23-12-9-20(15-30(22)23)18-5-3-2-4-6-18;25-19-7-8-20(21(26)14-19)24-22(16-28-10-12-30-13-11-28)29-15-18(6-9-23(29)27-24)17-4-2-1-3-5-17/h2-14,19H,15-18,20H2,1H3;2-11,15H,12-13,16-17H2,1H3;2-12,15H,13-14,16-17H2,1H3;1-9,14-15H,10-13,16H2. The maximum absolute atomic E-state index is 14.8. The van der Waals surface area contributed by atoms with Crippen LogP contribution in [0.1, 0.15) is 39.0 Å². The molecule has 0 radical (unpaired) electrons. The second-order valence-corrected chi connectivity index (χ2v) is 34.7. The first-order chi connectivity index (χ1) is 63.9. The summed E-state index contributed by atoms with van der Waals surface area (Å²) in [5.41, 5.74) is 23.7. The van der Waals surface area contributed by atoms with Crippen LogP contribution in [0.15, 0.2) is 292 Å². The molecule has 22 nitrogen and oxygen atoms in total. The number of fused-ring (bicyclic) bond motifs is 4. The van der Waals surface area contributed by atoms with Crippen LogP contribution >= 0.6 is 46.4 Å². The van der Waals surface area contributed by atoms with E-state index in [0.29, 0.717) is 108 Å². The highest BCUT2D eigenvalue weighted by molar-refractivity contribution is 6.31. The van der Waals surface area contributed by atoms with Crippen LogP contribution < -0.4 is 0 Å². The molecule has 0 unspecified atom stereocenters. The fourth-order valence-corrected chi connectivity index (χ4v) is 17.6. The van der Waals surface area contributed by atoms with Crippen molar-refractivity contribution in [3.63, 3.8) is 0 Å². The maximum atomic E-state index is 14.8. The van der Waals surface area contributed by atoms with Gasteiger partial charge in [0.2, 0.25) is 11.8 Å². The average molecular weight is 1820 g/mol. The number of imidazole rings is 5. The van der Waals surface area contributed by atoms with E-state index >= 15 is 0 Å². The van der Waals surface area contributed by atoms with Crippen molar-refractivity contribution >= 4 is 86.7 Å². The van der Waals surface area contributed by atoms with Gasteiger partial charge in [-0.15, -0.1) is 0 Å². The normalized spacial score (nSPS) is 14.7. The molecule has 21 rings (SSSR count).